The van der Waals surface area contributed by atoms with E-state index < -0.39 is 0 Å². The number of nitrogens with one attached hydrogen (secondary N) is 1. The summed E-state index contributed by atoms with van der Waals surface area (Å²) in [6, 6.07) is 6.22. The number of hydrogen-bond acceptors (Lipinski definition) is 4. The van der Waals surface area contributed by atoms with Gasteiger partial charge in [-0.1, -0.05) is 11.6 Å². The molecule has 0 radical (unpaired) electrons. The fraction of sp³-hybridized carbons (Fsp3) is 0.400. The van der Waals surface area contributed by atoms with Crippen LogP contribution in [-0.4, -0.2) is 37.0 Å². The third kappa shape index (κ3) is 3.15. The molecule has 3 N–H and O–H groups in total. The Morgan fingerprint density at radius 2 is 2.29 bits per heavy atom. The predicted molar refractivity (Wildman–Crippen MR) is 89.2 cm³/mol. The van der Waals surface area contributed by atoms with Crippen LogP contribution in [0.3, 0.4) is 0 Å². The molecule has 1 fully saturated rings. The molecule has 1 amide bonds. The maximum Gasteiger partial charge on any atom is 0.263 e. The van der Waals surface area contributed by atoms with Gasteiger partial charge < -0.3 is 16.0 Å². The zero-order valence-electron chi connectivity index (χ0n) is 11.9. The normalized spacial score (nSPS) is 14.8. The summed E-state index contributed by atoms with van der Waals surface area (Å²) >= 11 is 7.39. The number of benzene rings is 1. The van der Waals surface area contributed by atoms with Gasteiger partial charge in [-0.15, -0.1) is 11.3 Å². The Bertz CT molecular complexity index is 681. The van der Waals surface area contributed by atoms with Crippen LogP contribution in [0.4, 0.5) is 5.69 Å². The van der Waals surface area contributed by atoms with Gasteiger partial charge in [0.25, 0.3) is 5.91 Å². The van der Waals surface area contributed by atoms with Crippen LogP contribution in [-0.2, 0) is 0 Å². The number of anilines is 1. The minimum Gasteiger partial charge on any atom is -0.397 e. The summed E-state index contributed by atoms with van der Waals surface area (Å²) in [5.74, 6) is -0.103. The Morgan fingerprint density at radius 3 is 3.00 bits per heavy atom. The summed E-state index contributed by atoms with van der Waals surface area (Å²) in [7, 11) is 2.10. The number of hydrogen-bond donors (Lipinski definition) is 2. The Labute approximate surface area is 132 Å². The molecule has 0 saturated heterocycles. The van der Waals surface area contributed by atoms with E-state index in [2.05, 4.69) is 17.3 Å². The highest BCUT2D eigenvalue weighted by Gasteiger charge is 2.25. The van der Waals surface area contributed by atoms with Crippen LogP contribution in [0.2, 0.25) is 5.02 Å². The van der Waals surface area contributed by atoms with E-state index in [0.29, 0.717) is 28.2 Å². The maximum absolute atomic E-state index is 12.3. The van der Waals surface area contributed by atoms with Gasteiger partial charge in [0.2, 0.25) is 0 Å². The first-order valence-corrected chi connectivity index (χ1v) is 8.21. The van der Waals surface area contributed by atoms with Crippen LogP contribution >= 0.6 is 22.9 Å². The smallest absolute Gasteiger partial charge is 0.263 e. The second kappa shape index (κ2) is 5.83. The third-order valence-electron chi connectivity index (χ3n) is 3.81. The lowest BCUT2D eigenvalue weighted by molar-refractivity contribution is 0.0954. The van der Waals surface area contributed by atoms with Crippen LogP contribution in [0.25, 0.3) is 10.1 Å². The van der Waals surface area contributed by atoms with Crippen molar-refractivity contribution >= 4 is 44.6 Å². The number of rotatable bonds is 5. The van der Waals surface area contributed by atoms with Gasteiger partial charge in [-0.3, -0.25) is 4.79 Å². The van der Waals surface area contributed by atoms with Gasteiger partial charge in [-0.25, -0.2) is 0 Å². The zero-order chi connectivity index (χ0) is 15.0. The molecule has 0 bridgehead atoms. The van der Waals surface area contributed by atoms with Gasteiger partial charge in [-0.05, 0) is 38.1 Å². The van der Waals surface area contributed by atoms with E-state index in [1.165, 1.54) is 24.2 Å². The lowest BCUT2D eigenvalue weighted by atomic mass is 10.2. The van der Waals surface area contributed by atoms with Crippen molar-refractivity contribution in [1.29, 1.82) is 0 Å². The molecule has 2 aromatic rings. The molecule has 21 heavy (non-hydrogen) atoms. The first kappa shape index (κ1) is 14.6. The molecule has 112 valence electrons. The molecular weight excluding hydrogens is 306 g/mol. The highest BCUT2D eigenvalue weighted by Crippen LogP contribution is 2.35. The summed E-state index contributed by atoms with van der Waals surface area (Å²) < 4.78 is 0.983. The van der Waals surface area contributed by atoms with Crippen molar-refractivity contribution in [3.8, 4) is 0 Å². The Balaban J connectivity index is 1.67. The minimum absolute atomic E-state index is 0.103. The number of thiophene rings is 1. The average molecular weight is 324 g/mol. The summed E-state index contributed by atoms with van der Waals surface area (Å²) in [5.41, 5.74) is 6.60. The van der Waals surface area contributed by atoms with Crippen molar-refractivity contribution in [2.75, 3.05) is 25.9 Å². The summed E-state index contributed by atoms with van der Waals surface area (Å²) in [5, 5.41) is 4.43. The number of likely N-dealkylation sites (N-methyl/N-ethyl adjacent to an activating group) is 1. The van der Waals surface area contributed by atoms with Gasteiger partial charge in [-0.2, -0.15) is 0 Å². The van der Waals surface area contributed by atoms with Crippen molar-refractivity contribution in [1.82, 2.24) is 10.2 Å². The molecule has 6 heteroatoms. The lowest BCUT2D eigenvalue weighted by Crippen LogP contribution is -2.33. The van der Waals surface area contributed by atoms with Gasteiger partial charge >= 0.3 is 0 Å². The number of nitrogens with zero attached hydrogens (tertiary/aromatic N) is 1. The Kier molecular flexibility index (Phi) is 4.06. The Morgan fingerprint density at radius 1 is 1.52 bits per heavy atom. The van der Waals surface area contributed by atoms with Gasteiger partial charge in [0.05, 0.1) is 5.69 Å². The fourth-order valence-corrected chi connectivity index (χ4v) is 3.57. The summed E-state index contributed by atoms with van der Waals surface area (Å²) in [4.78, 5) is 15.1. The molecule has 0 unspecified atom stereocenters. The van der Waals surface area contributed by atoms with Crippen molar-refractivity contribution in [2.24, 2.45) is 0 Å². The number of carbonyl (C=O) groups is 1. The molecule has 1 aromatic carbocycles. The van der Waals surface area contributed by atoms with E-state index in [4.69, 9.17) is 17.3 Å². The lowest BCUT2D eigenvalue weighted by Gasteiger charge is -2.15. The van der Waals surface area contributed by atoms with E-state index in [-0.39, 0.29) is 5.91 Å². The highest BCUT2D eigenvalue weighted by molar-refractivity contribution is 7.21. The minimum atomic E-state index is -0.103. The predicted octanol–water partition coefficient (Wildman–Crippen LogP) is 2.96. The number of amides is 1. The van der Waals surface area contributed by atoms with Crippen molar-refractivity contribution < 1.29 is 4.79 Å². The average Bonchev–Trinajstić information content (AvgIpc) is 3.25. The number of nitrogens with two attached hydrogens (primary N) is 1. The number of halogens is 1. The molecule has 1 aliphatic rings. The van der Waals surface area contributed by atoms with Crippen LogP contribution in [0.1, 0.15) is 22.5 Å². The van der Waals surface area contributed by atoms with Crippen LogP contribution in [0.15, 0.2) is 18.2 Å². The van der Waals surface area contributed by atoms with Crippen molar-refractivity contribution in [2.45, 2.75) is 18.9 Å². The molecule has 0 spiro atoms. The largest absolute Gasteiger partial charge is 0.397 e. The van der Waals surface area contributed by atoms with Gasteiger partial charge in [0, 0.05) is 34.2 Å². The van der Waals surface area contributed by atoms with Crippen LogP contribution < -0.4 is 11.1 Å². The quantitative estimate of drug-likeness (QED) is 0.889. The van der Waals surface area contributed by atoms with E-state index >= 15 is 0 Å². The van der Waals surface area contributed by atoms with E-state index in [0.717, 1.165) is 16.6 Å². The fourth-order valence-electron chi connectivity index (χ4n) is 2.38. The SMILES string of the molecule is CN(CCNC(=O)c1sc2ccc(Cl)cc2c1N)C1CC1. The molecular formula is C15H18ClN3OS. The van der Waals surface area contributed by atoms with Gasteiger partial charge in [0.1, 0.15) is 4.88 Å². The first-order chi connectivity index (χ1) is 10.1. The second-order valence-corrected chi connectivity index (χ2v) is 6.94. The van der Waals surface area contributed by atoms with Gasteiger partial charge in [0.15, 0.2) is 0 Å². The number of fused-ring (bicyclic) bond motifs is 1. The van der Waals surface area contributed by atoms with Crippen molar-refractivity contribution in [3.63, 3.8) is 0 Å². The molecule has 1 aliphatic carbocycles. The second-order valence-electron chi connectivity index (χ2n) is 5.45. The van der Waals surface area contributed by atoms with E-state index in [9.17, 15) is 4.79 Å². The number of nitrogen functional groups attached to an aromatic ring is 1. The third-order valence-corrected chi connectivity index (χ3v) is 5.24. The van der Waals surface area contributed by atoms with Crippen LogP contribution in [0.5, 0.6) is 0 Å². The first-order valence-electron chi connectivity index (χ1n) is 7.02. The monoisotopic (exact) mass is 323 g/mol. The molecule has 1 aromatic heterocycles. The Hall–Kier alpha value is -1.30. The molecule has 1 saturated carbocycles. The van der Waals surface area contributed by atoms with Crippen molar-refractivity contribution in [3.05, 3.63) is 28.1 Å². The van der Waals surface area contributed by atoms with Crippen LogP contribution in [0, 0.1) is 0 Å². The zero-order valence-corrected chi connectivity index (χ0v) is 13.4. The molecule has 1 heterocycles. The van der Waals surface area contributed by atoms with E-state index in [1.807, 2.05) is 12.1 Å². The molecule has 0 aliphatic heterocycles. The topological polar surface area (TPSA) is 58.4 Å². The number of carbonyl (C=O) groups excluding carboxylic acids is 1. The standard InChI is InChI=1S/C15H18ClN3OS/c1-19(10-3-4-10)7-6-18-15(20)14-13(17)11-8-9(16)2-5-12(11)21-14/h2,5,8,10H,3-4,6-7,17H2,1H3,(H,18,20). The molecule has 0 atom stereocenters. The van der Waals surface area contributed by atoms with E-state index in [1.54, 1.807) is 6.07 Å². The summed E-state index contributed by atoms with van der Waals surface area (Å²) in [6.45, 7) is 1.51. The summed E-state index contributed by atoms with van der Waals surface area (Å²) in [6.07, 6.45) is 2.54. The maximum atomic E-state index is 12.3. The highest BCUT2D eigenvalue weighted by atomic mass is 35.5. The molecule has 4 nitrogen and oxygen atoms in total. The molecule has 3 rings (SSSR count).